The van der Waals surface area contributed by atoms with Crippen molar-refractivity contribution >= 4 is 17.6 Å². The number of rotatable bonds is 4. The minimum Gasteiger partial charge on any atom is -0.445 e. The Morgan fingerprint density at radius 3 is 2.86 bits per heavy atom. The van der Waals surface area contributed by atoms with Gasteiger partial charge < -0.3 is 10.1 Å². The monoisotopic (exact) mass is 389 g/mol. The van der Waals surface area contributed by atoms with E-state index in [0.29, 0.717) is 29.5 Å². The van der Waals surface area contributed by atoms with E-state index in [-0.39, 0.29) is 5.91 Å². The van der Waals surface area contributed by atoms with Crippen LogP contribution in [-0.4, -0.2) is 37.7 Å². The van der Waals surface area contributed by atoms with Crippen LogP contribution in [0.1, 0.15) is 41.7 Å². The summed E-state index contributed by atoms with van der Waals surface area (Å²) in [7, 11) is 0. The summed E-state index contributed by atoms with van der Waals surface area (Å²) < 4.78 is 7.33. The van der Waals surface area contributed by atoms with Crippen LogP contribution in [0.15, 0.2) is 48.5 Å². The largest absolute Gasteiger partial charge is 0.445 e. The maximum Gasteiger partial charge on any atom is 0.339 e. The average molecular weight is 389 g/mol. The second kappa shape index (κ2) is 6.51. The van der Waals surface area contributed by atoms with Gasteiger partial charge in [-0.2, -0.15) is 0 Å². The number of benzene rings is 2. The number of nitrogens with zero attached hydrogens (tertiary/aromatic N) is 4. The van der Waals surface area contributed by atoms with E-state index in [1.54, 1.807) is 25.1 Å². The minimum atomic E-state index is -1.28. The SMILES string of the molecule is CC1(C(=O)Nc2cccc(-c3nnnn3C3CC3)c2)Cc2ccccc2C(=O)O1. The molecule has 1 atom stereocenters. The Bertz CT molecular complexity index is 1120. The number of nitrogens with one attached hydrogen (secondary N) is 1. The van der Waals surface area contributed by atoms with Crippen LogP contribution in [0.5, 0.6) is 0 Å². The molecule has 1 N–H and O–H groups in total. The van der Waals surface area contributed by atoms with Crippen molar-refractivity contribution in [3.8, 4) is 11.4 Å². The van der Waals surface area contributed by atoms with Crippen LogP contribution in [0.3, 0.4) is 0 Å². The fourth-order valence-corrected chi connectivity index (χ4v) is 3.61. The molecule has 0 spiro atoms. The summed E-state index contributed by atoms with van der Waals surface area (Å²) in [5.74, 6) is -0.186. The molecule has 1 aliphatic carbocycles. The molecule has 1 aromatic heterocycles. The molecular formula is C21H19N5O3. The molecular weight excluding hydrogens is 370 g/mol. The highest BCUT2D eigenvalue weighted by Gasteiger charge is 2.42. The second-order valence-corrected chi connectivity index (χ2v) is 7.67. The van der Waals surface area contributed by atoms with Crippen molar-refractivity contribution < 1.29 is 14.3 Å². The summed E-state index contributed by atoms with van der Waals surface area (Å²) in [5.41, 5.74) is 1.44. The standard InChI is InChI=1S/C21H19N5O3/c1-21(12-14-5-2-3-8-17(14)19(27)29-21)20(28)22-15-7-4-6-13(11-15)18-23-24-25-26(18)16-9-10-16/h2-8,11,16H,9-10,12H2,1H3,(H,22,28). The van der Waals surface area contributed by atoms with Gasteiger partial charge in [0.2, 0.25) is 0 Å². The molecule has 2 aromatic carbocycles. The smallest absolute Gasteiger partial charge is 0.339 e. The molecule has 1 saturated carbocycles. The van der Waals surface area contributed by atoms with Crippen LogP contribution >= 0.6 is 0 Å². The van der Waals surface area contributed by atoms with Gasteiger partial charge in [-0.25, -0.2) is 9.48 Å². The zero-order valence-corrected chi connectivity index (χ0v) is 15.8. The van der Waals surface area contributed by atoms with E-state index in [1.807, 2.05) is 35.0 Å². The number of amides is 1. The predicted octanol–water partition coefficient (Wildman–Crippen LogP) is 2.79. The van der Waals surface area contributed by atoms with Crippen LogP contribution in [0, 0.1) is 0 Å². The molecule has 29 heavy (non-hydrogen) atoms. The van der Waals surface area contributed by atoms with Crippen molar-refractivity contribution in [2.24, 2.45) is 0 Å². The number of cyclic esters (lactones) is 1. The second-order valence-electron chi connectivity index (χ2n) is 7.67. The molecule has 0 saturated heterocycles. The lowest BCUT2D eigenvalue weighted by Crippen LogP contribution is -2.48. The molecule has 1 unspecified atom stereocenters. The molecule has 3 aromatic rings. The highest BCUT2D eigenvalue weighted by Crippen LogP contribution is 2.37. The number of fused-ring (bicyclic) bond motifs is 1. The van der Waals surface area contributed by atoms with Gasteiger partial charge in [0, 0.05) is 17.7 Å². The Kier molecular flexibility index (Phi) is 3.94. The molecule has 2 heterocycles. The highest BCUT2D eigenvalue weighted by molar-refractivity contribution is 6.02. The van der Waals surface area contributed by atoms with Crippen molar-refractivity contribution in [3.63, 3.8) is 0 Å². The van der Waals surface area contributed by atoms with Gasteiger partial charge in [-0.05, 0) is 54.0 Å². The van der Waals surface area contributed by atoms with Crippen molar-refractivity contribution in [3.05, 3.63) is 59.7 Å². The number of hydrogen-bond donors (Lipinski definition) is 1. The topological polar surface area (TPSA) is 99.0 Å². The summed E-state index contributed by atoms with van der Waals surface area (Å²) in [6.07, 6.45) is 2.46. The molecule has 146 valence electrons. The number of ether oxygens (including phenoxy) is 1. The van der Waals surface area contributed by atoms with Crippen molar-refractivity contribution in [1.82, 2.24) is 20.2 Å². The number of anilines is 1. The number of carbonyl (C=O) groups is 2. The molecule has 0 bridgehead atoms. The maximum absolute atomic E-state index is 13.0. The molecule has 5 rings (SSSR count). The van der Waals surface area contributed by atoms with Crippen LogP contribution in [0.2, 0.25) is 0 Å². The zero-order chi connectivity index (χ0) is 20.0. The third kappa shape index (κ3) is 3.16. The Balaban J connectivity index is 1.39. The van der Waals surface area contributed by atoms with E-state index in [4.69, 9.17) is 4.74 Å². The van der Waals surface area contributed by atoms with Crippen molar-refractivity contribution in [2.45, 2.75) is 37.8 Å². The van der Waals surface area contributed by atoms with Crippen LogP contribution in [-0.2, 0) is 16.0 Å². The summed E-state index contributed by atoms with van der Waals surface area (Å²) in [6, 6.07) is 14.9. The van der Waals surface area contributed by atoms with E-state index in [1.165, 1.54) is 0 Å². The van der Waals surface area contributed by atoms with Gasteiger partial charge in [-0.3, -0.25) is 4.79 Å². The van der Waals surface area contributed by atoms with Gasteiger partial charge in [0.05, 0.1) is 11.6 Å². The van der Waals surface area contributed by atoms with Crippen LogP contribution < -0.4 is 5.32 Å². The normalized spacial score (nSPS) is 20.7. The van der Waals surface area contributed by atoms with Gasteiger partial charge in [-0.15, -0.1) is 5.10 Å². The summed E-state index contributed by atoms with van der Waals surface area (Å²) in [5, 5.41) is 14.9. The Hall–Kier alpha value is -3.55. The van der Waals surface area contributed by atoms with Crippen LogP contribution in [0.25, 0.3) is 11.4 Å². The predicted molar refractivity (Wildman–Crippen MR) is 104 cm³/mol. The first-order valence-corrected chi connectivity index (χ1v) is 9.54. The van der Waals surface area contributed by atoms with Crippen LogP contribution in [0.4, 0.5) is 5.69 Å². The van der Waals surface area contributed by atoms with E-state index in [2.05, 4.69) is 20.8 Å². The third-order valence-electron chi connectivity index (χ3n) is 5.33. The van der Waals surface area contributed by atoms with Gasteiger partial charge in [0.25, 0.3) is 5.91 Å². The number of esters is 1. The van der Waals surface area contributed by atoms with Gasteiger partial charge in [0.15, 0.2) is 11.4 Å². The fourth-order valence-electron chi connectivity index (χ4n) is 3.61. The summed E-state index contributed by atoms with van der Waals surface area (Å²) in [6.45, 7) is 1.63. The number of carbonyl (C=O) groups excluding carboxylic acids is 2. The lowest BCUT2D eigenvalue weighted by Gasteiger charge is -2.33. The zero-order valence-electron chi connectivity index (χ0n) is 15.8. The number of aromatic nitrogens is 4. The Morgan fingerprint density at radius 2 is 2.03 bits per heavy atom. The minimum absolute atomic E-state index is 0.320. The molecule has 0 radical (unpaired) electrons. The quantitative estimate of drug-likeness (QED) is 0.689. The van der Waals surface area contributed by atoms with Gasteiger partial charge in [-0.1, -0.05) is 30.3 Å². The van der Waals surface area contributed by atoms with Gasteiger partial charge >= 0.3 is 5.97 Å². The first kappa shape index (κ1) is 17.5. The van der Waals surface area contributed by atoms with E-state index in [9.17, 15) is 9.59 Å². The molecule has 8 nitrogen and oxygen atoms in total. The molecule has 1 fully saturated rings. The van der Waals surface area contributed by atoms with E-state index in [0.717, 1.165) is 24.0 Å². The van der Waals surface area contributed by atoms with Gasteiger partial charge in [0.1, 0.15) is 0 Å². The number of tetrazole rings is 1. The number of hydrogen-bond acceptors (Lipinski definition) is 6. The maximum atomic E-state index is 13.0. The lowest BCUT2D eigenvalue weighted by molar-refractivity contribution is -0.134. The van der Waals surface area contributed by atoms with E-state index >= 15 is 0 Å². The lowest BCUT2D eigenvalue weighted by atomic mass is 9.89. The molecule has 2 aliphatic rings. The first-order chi connectivity index (χ1) is 14.0. The highest BCUT2D eigenvalue weighted by atomic mass is 16.6. The Morgan fingerprint density at radius 1 is 1.21 bits per heavy atom. The molecule has 1 amide bonds. The van der Waals surface area contributed by atoms with Crippen molar-refractivity contribution in [1.29, 1.82) is 0 Å². The average Bonchev–Trinajstić information content (AvgIpc) is 3.44. The summed E-state index contributed by atoms with van der Waals surface area (Å²) in [4.78, 5) is 25.3. The fraction of sp³-hybridized carbons (Fsp3) is 0.286. The third-order valence-corrected chi connectivity index (χ3v) is 5.33. The Labute approximate surface area is 166 Å². The molecule has 1 aliphatic heterocycles. The van der Waals surface area contributed by atoms with E-state index < -0.39 is 11.6 Å². The van der Waals surface area contributed by atoms with Crippen molar-refractivity contribution in [2.75, 3.05) is 5.32 Å². The summed E-state index contributed by atoms with van der Waals surface area (Å²) >= 11 is 0. The molecule has 8 heteroatoms. The first-order valence-electron chi connectivity index (χ1n) is 9.54.